The van der Waals surface area contributed by atoms with Crippen molar-refractivity contribution in [1.29, 1.82) is 0 Å². The summed E-state index contributed by atoms with van der Waals surface area (Å²) in [7, 11) is -3.61. The van der Waals surface area contributed by atoms with Crippen molar-refractivity contribution in [3.05, 3.63) is 65.2 Å². The van der Waals surface area contributed by atoms with Gasteiger partial charge in [0.05, 0.1) is 11.4 Å². The average Bonchev–Trinajstić information content (AvgIpc) is 2.64. The number of sulfonamides is 1. The van der Waals surface area contributed by atoms with Crippen LogP contribution < -0.4 is 15.4 Å². The molecule has 0 atom stereocenters. The summed E-state index contributed by atoms with van der Waals surface area (Å²) in [6.45, 7) is 5.63. The minimum absolute atomic E-state index is 0.0775. The Labute approximate surface area is 165 Å². The Morgan fingerprint density at radius 1 is 0.964 bits per heavy atom. The number of hydrogen-bond donors (Lipinski definition) is 3. The van der Waals surface area contributed by atoms with E-state index in [1.54, 1.807) is 13.8 Å². The fraction of sp³-hybridized carbons (Fsp3) is 0.300. The molecule has 0 aliphatic rings. The first-order valence-electron chi connectivity index (χ1n) is 8.91. The minimum atomic E-state index is -3.61. The van der Waals surface area contributed by atoms with Crippen LogP contribution >= 0.6 is 0 Å². The fourth-order valence-electron chi connectivity index (χ4n) is 2.49. The smallest absolute Gasteiger partial charge is 0.251 e. The van der Waals surface area contributed by atoms with Gasteiger partial charge in [0.25, 0.3) is 5.91 Å². The van der Waals surface area contributed by atoms with E-state index in [-0.39, 0.29) is 29.0 Å². The quantitative estimate of drug-likeness (QED) is 0.624. The lowest BCUT2D eigenvalue weighted by atomic mass is 10.1. The van der Waals surface area contributed by atoms with Crippen molar-refractivity contribution in [2.24, 2.45) is 0 Å². The van der Waals surface area contributed by atoms with Crippen LogP contribution in [0.3, 0.4) is 0 Å². The molecule has 0 aromatic heterocycles. The van der Waals surface area contributed by atoms with E-state index in [4.69, 9.17) is 0 Å². The van der Waals surface area contributed by atoms with E-state index < -0.39 is 15.9 Å². The summed E-state index contributed by atoms with van der Waals surface area (Å²) in [5, 5.41) is 5.28. The zero-order valence-electron chi connectivity index (χ0n) is 16.2. The second-order valence-corrected chi connectivity index (χ2v) is 8.40. The predicted molar refractivity (Wildman–Crippen MR) is 107 cm³/mol. The molecular formula is C20H25N3O4S. The Bertz CT molecular complexity index is 938. The molecule has 0 spiro atoms. The number of nitrogens with one attached hydrogen (secondary N) is 3. The number of carbonyl (C=O) groups excluding carboxylic acids is 2. The van der Waals surface area contributed by atoms with E-state index in [1.165, 1.54) is 24.3 Å². The van der Waals surface area contributed by atoms with E-state index in [1.807, 2.05) is 31.2 Å². The molecule has 0 unspecified atom stereocenters. The van der Waals surface area contributed by atoms with Crippen LogP contribution in [0.25, 0.3) is 0 Å². The van der Waals surface area contributed by atoms with Crippen LogP contribution in [-0.2, 0) is 21.4 Å². The van der Waals surface area contributed by atoms with Crippen LogP contribution in [0.5, 0.6) is 0 Å². The molecule has 0 radical (unpaired) electrons. The Morgan fingerprint density at radius 3 is 2.21 bits per heavy atom. The van der Waals surface area contributed by atoms with Crippen molar-refractivity contribution in [1.82, 2.24) is 15.4 Å². The largest absolute Gasteiger partial charge is 0.350 e. The normalized spacial score (nSPS) is 11.3. The molecule has 7 nitrogen and oxygen atoms in total. The van der Waals surface area contributed by atoms with Crippen molar-refractivity contribution >= 4 is 21.8 Å². The SMILES string of the molecule is Cc1ccccc1CNC(=O)CNC(=O)c1ccc(S(=O)(=O)NC(C)C)cc1. The zero-order valence-corrected chi connectivity index (χ0v) is 17.0. The summed E-state index contributed by atoms with van der Waals surface area (Å²) in [4.78, 5) is 24.2. The maximum Gasteiger partial charge on any atom is 0.251 e. The maximum absolute atomic E-state index is 12.2. The molecule has 8 heteroatoms. The first-order valence-corrected chi connectivity index (χ1v) is 10.4. The molecule has 0 heterocycles. The summed E-state index contributed by atoms with van der Waals surface area (Å²) in [5.41, 5.74) is 2.36. The minimum Gasteiger partial charge on any atom is -0.350 e. The molecule has 28 heavy (non-hydrogen) atoms. The van der Waals surface area contributed by atoms with Gasteiger partial charge in [0.2, 0.25) is 15.9 Å². The Hall–Kier alpha value is -2.71. The third kappa shape index (κ3) is 6.17. The Balaban J connectivity index is 1.87. The molecule has 3 N–H and O–H groups in total. The summed E-state index contributed by atoms with van der Waals surface area (Å²) in [5.74, 6) is -0.760. The third-order valence-corrected chi connectivity index (χ3v) is 5.64. The number of hydrogen-bond acceptors (Lipinski definition) is 4. The van der Waals surface area contributed by atoms with Gasteiger partial charge in [-0.1, -0.05) is 24.3 Å². The lowest BCUT2D eigenvalue weighted by Crippen LogP contribution is -2.36. The first-order chi connectivity index (χ1) is 13.2. The van der Waals surface area contributed by atoms with E-state index in [0.29, 0.717) is 6.54 Å². The van der Waals surface area contributed by atoms with E-state index >= 15 is 0 Å². The van der Waals surface area contributed by atoms with Gasteiger partial charge in [-0.3, -0.25) is 9.59 Å². The molecule has 0 fully saturated rings. The predicted octanol–water partition coefficient (Wildman–Crippen LogP) is 1.73. The van der Waals surface area contributed by atoms with Crippen LogP contribution in [0.4, 0.5) is 0 Å². The monoisotopic (exact) mass is 403 g/mol. The number of benzene rings is 2. The molecule has 0 bridgehead atoms. The zero-order chi connectivity index (χ0) is 20.7. The van der Waals surface area contributed by atoms with Crippen molar-refractivity contribution < 1.29 is 18.0 Å². The molecule has 2 aromatic rings. The standard InChI is InChI=1S/C20H25N3O4S/c1-14(2)23-28(26,27)18-10-8-16(9-11-18)20(25)22-13-19(24)21-12-17-7-5-4-6-15(17)3/h4-11,14,23H,12-13H2,1-3H3,(H,21,24)(H,22,25). The highest BCUT2D eigenvalue weighted by Gasteiger charge is 2.16. The number of carbonyl (C=O) groups is 2. The molecule has 0 aliphatic heterocycles. The van der Waals surface area contributed by atoms with Gasteiger partial charge in [0.15, 0.2) is 0 Å². The molecule has 150 valence electrons. The third-order valence-electron chi connectivity index (χ3n) is 3.96. The number of rotatable bonds is 8. The maximum atomic E-state index is 12.2. The highest BCUT2D eigenvalue weighted by molar-refractivity contribution is 7.89. The topological polar surface area (TPSA) is 104 Å². The van der Waals surface area contributed by atoms with Gasteiger partial charge in [-0.05, 0) is 56.2 Å². The molecule has 0 saturated carbocycles. The second kappa shape index (κ2) is 9.48. The molecule has 0 aliphatic carbocycles. The lowest BCUT2D eigenvalue weighted by Gasteiger charge is -2.10. The van der Waals surface area contributed by atoms with Crippen molar-refractivity contribution in [2.75, 3.05) is 6.54 Å². The Kier molecular flexibility index (Phi) is 7.31. The number of aryl methyl sites for hydroxylation is 1. The van der Waals surface area contributed by atoms with E-state index in [0.717, 1.165) is 11.1 Å². The van der Waals surface area contributed by atoms with Crippen LogP contribution in [-0.4, -0.2) is 32.8 Å². The summed E-state index contributed by atoms with van der Waals surface area (Å²) in [6, 6.07) is 13.0. The summed E-state index contributed by atoms with van der Waals surface area (Å²) in [6.07, 6.45) is 0. The van der Waals surface area contributed by atoms with E-state index in [9.17, 15) is 18.0 Å². The van der Waals surface area contributed by atoms with Crippen molar-refractivity contribution in [3.8, 4) is 0 Å². The van der Waals surface area contributed by atoms with Crippen molar-refractivity contribution in [3.63, 3.8) is 0 Å². The van der Waals surface area contributed by atoms with Crippen molar-refractivity contribution in [2.45, 2.75) is 38.3 Å². The summed E-state index contributed by atoms with van der Waals surface area (Å²) < 4.78 is 26.6. The molecule has 0 saturated heterocycles. The van der Waals surface area contributed by atoms with Crippen LogP contribution in [0.1, 0.15) is 35.3 Å². The highest BCUT2D eigenvalue weighted by atomic mass is 32.2. The molecular weight excluding hydrogens is 378 g/mol. The van der Waals surface area contributed by atoms with Crippen LogP contribution in [0.15, 0.2) is 53.4 Å². The van der Waals surface area contributed by atoms with Gasteiger partial charge in [0, 0.05) is 18.2 Å². The van der Waals surface area contributed by atoms with Gasteiger partial charge in [0.1, 0.15) is 0 Å². The van der Waals surface area contributed by atoms with Gasteiger partial charge < -0.3 is 10.6 Å². The highest BCUT2D eigenvalue weighted by Crippen LogP contribution is 2.11. The van der Waals surface area contributed by atoms with E-state index in [2.05, 4.69) is 15.4 Å². The van der Waals surface area contributed by atoms with Crippen LogP contribution in [0.2, 0.25) is 0 Å². The lowest BCUT2D eigenvalue weighted by molar-refractivity contribution is -0.120. The first kappa shape index (κ1) is 21.6. The summed E-state index contributed by atoms with van der Waals surface area (Å²) >= 11 is 0. The fourth-order valence-corrected chi connectivity index (χ4v) is 3.74. The van der Waals surface area contributed by atoms with Crippen LogP contribution in [0, 0.1) is 6.92 Å². The average molecular weight is 404 g/mol. The molecule has 2 aromatic carbocycles. The van der Waals surface area contributed by atoms with Gasteiger partial charge >= 0.3 is 0 Å². The number of amides is 2. The van der Waals surface area contributed by atoms with Gasteiger partial charge in [-0.2, -0.15) is 0 Å². The Morgan fingerprint density at radius 2 is 1.61 bits per heavy atom. The van der Waals surface area contributed by atoms with Gasteiger partial charge in [-0.15, -0.1) is 0 Å². The molecule has 2 amide bonds. The molecule has 2 rings (SSSR count). The second-order valence-electron chi connectivity index (χ2n) is 6.69. The van der Waals surface area contributed by atoms with Gasteiger partial charge in [-0.25, -0.2) is 13.1 Å².